The Kier molecular flexibility index (Phi) is 4.44. The smallest absolute Gasteiger partial charge is 0.182 e. The summed E-state index contributed by atoms with van der Waals surface area (Å²) in [4.78, 5) is 0. The summed E-state index contributed by atoms with van der Waals surface area (Å²) in [6, 6.07) is 0. The van der Waals surface area contributed by atoms with E-state index in [0.717, 1.165) is 0 Å². The molecule has 0 aromatic rings. The van der Waals surface area contributed by atoms with Gasteiger partial charge in [-0.3, -0.25) is 0 Å². The Labute approximate surface area is 131 Å². The SMILES string of the molecule is C[Si](C)(C)C1C=CC(B(Cl)C2=CC([Si](C)(C)C)C=C2)=C1. The van der Waals surface area contributed by atoms with Crippen molar-refractivity contribution in [3.05, 3.63) is 47.4 Å². The predicted octanol–water partition coefficient (Wildman–Crippen LogP) is 5.70. The first kappa shape index (κ1) is 16.1. The molecule has 108 valence electrons. The lowest BCUT2D eigenvalue weighted by molar-refractivity contribution is 1.29. The van der Waals surface area contributed by atoms with Crippen LogP contribution in [0, 0.1) is 0 Å². The van der Waals surface area contributed by atoms with Crippen LogP contribution in [-0.4, -0.2) is 22.3 Å². The second kappa shape index (κ2) is 5.51. The summed E-state index contributed by atoms with van der Waals surface area (Å²) in [5, 5.41) is 0. The quantitative estimate of drug-likeness (QED) is 0.582. The molecule has 0 aromatic heterocycles. The van der Waals surface area contributed by atoms with Crippen molar-refractivity contribution >= 4 is 33.7 Å². The summed E-state index contributed by atoms with van der Waals surface area (Å²) >= 11 is 6.72. The molecule has 0 heterocycles. The van der Waals surface area contributed by atoms with Crippen molar-refractivity contribution in [3.63, 3.8) is 0 Å². The van der Waals surface area contributed by atoms with Crippen LogP contribution >= 0.6 is 11.5 Å². The van der Waals surface area contributed by atoms with Crippen LogP contribution in [0.1, 0.15) is 0 Å². The minimum absolute atomic E-state index is 0.0326. The molecular weight excluding hydrogens is 295 g/mol. The monoisotopic (exact) mass is 320 g/mol. The molecule has 4 heteroatoms. The maximum absolute atomic E-state index is 6.72. The van der Waals surface area contributed by atoms with E-state index in [0.29, 0.717) is 11.1 Å². The number of hydrogen-bond acceptors (Lipinski definition) is 0. The van der Waals surface area contributed by atoms with E-state index in [2.05, 4.69) is 75.7 Å². The highest BCUT2D eigenvalue weighted by molar-refractivity contribution is 7.15. The van der Waals surface area contributed by atoms with Crippen LogP contribution in [0.5, 0.6) is 0 Å². The van der Waals surface area contributed by atoms with Crippen molar-refractivity contribution in [1.29, 1.82) is 0 Å². The summed E-state index contributed by atoms with van der Waals surface area (Å²) in [5.74, 6) is 0. The molecule has 2 aliphatic rings. The first-order chi connectivity index (χ1) is 9.09. The van der Waals surface area contributed by atoms with Gasteiger partial charge in [-0.25, -0.2) is 0 Å². The third-order valence-corrected chi connectivity index (χ3v) is 9.54. The van der Waals surface area contributed by atoms with Gasteiger partial charge in [0.1, 0.15) is 0 Å². The number of hydrogen-bond donors (Lipinski definition) is 0. The third-order valence-electron chi connectivity index (χ3n) is 4.32. The molecule has 0 nitrogen and oxygen atoms in total. The minimum atomic E-state index is -1.15. The summed E-state index contributed by atoms with van der Waals surface area (Å²) < 4.78 is 0. The van der Waals surface area contributed by atoms with Gasteiger partial charge in [0.2, 0.25) is 0 Å². The average molecular weight is 321 g/mol. The van der Waals surface area contributed by atoms with Crippen molar-refractivity contribution in [2.24, 2.45) is 0 Å². The number of allylic oxidation sites excluding steroid dienone is 8. The van der Waals surface area contributed by atoms with Crippen LogP contribution in [0.3, 0.4) is 0 Å². The molecule has 0 saturated carbocycles. The minimum Gasteiger partial charge on any atom is -0.182 e. The second-order valence-electron chi connectivity index (χ2n) is 8.20. The molecule has 0 aromatic carbocycles. The van der Waals surface area contributed by atoms with Gasteiger partial charge in [-0.2, -0.15) is 11.5 Å². The Morgan fingerprint density at radius 2 is 1.15 bits per heavy atom. The van der Waals surface area contributed by atoms with E-state index in [9.17, 15) is 0 Å². The summed E-state index contributed by atoms with van der Waals surface area (Å²) in [7, 11) is -2.29. The fraction of sp³-hybridized carbons (Fsp3) is 0.500. The van der Waals surface area contributed by atoms with Gasteiger partial charge in [-0.05, 0) is 11.1 Å². The molecule has 0 fully saturated rings. The van der Waals surface area contributed by atoms with Crippen molar-refractivity contribution < 1.29 is 0 Å². The Hall–Kier alpha value is -0.251. The van der Waals surface area contributed by atoms with Crippen LogP contribution < -0.4 is 0 Å². The van der Waals surface area contributed by atoms with Gasteiger partial charge < -0.3 is 0 Å². The maximum atomic E-state index is 6.72. The Morgan fingerprint density at radius 1 is 0.800 bits per heavy atom. The van der Waals surface area contributed by atoms with Crippen molar-refractivity contribution in [2.45, 2.75) is 50.4 Å². The molecule has 2 unspecified atom stereocenters. The lowest BCUT2D eigenvalue weighted by Gasteiger charge is -2.21. The third kappa shape index (κ3) is 3.49. The van der Waals surface area contributed by atoms with Crippen molar-refractivity contribution in [1.82, 2.24) is 0 Å². The lowest BCUT2D eigenvalue weighted by atomic mass is 9.61. The highest BCUT2D eigenvalue weighted by Crippen LogP contribution is 2.37. The van der Waals surface area contributed by atoms with Crippen molar-refractivity contribution in [2.75, 3.05) is 0 Å². The maximum Gasteiger partial charge on any atom is 0.314 e. The van der Waals surface area contributed by atoms with Gasteiger partial charge in [-0.1, -0.05) is 86.7 Å². The first-order valence-corrected chi connectivity index (χ1v) is 15.1. The summed E-state index contributed by atoms with van der Waals surface area (Å²) in [6.07, 6.45) is 14.0. The first-order valence-electron chi connectivity index (χ1n) is 7.53. The predicted molar refractivity (Wildman–Crippen MR) is 100 cm³/mol. The molecule has 0 saturated heterocycles. The van der Waals surface area contributed by atoms with E-state index in [-0.39, 0.29) is 6.13 Å². The molecule has 0 spiro atoms. The number of rotatable bonds is 4. The molecule has 0 amide bonds. The zero-order valence-corrected chi connectivity index (χ0v) is 16.3. The zero-order valence-electron chi connectivity index (χ0n) is 13.6. The highest BCUT2D eigenvalue weighted by Gasteiger charge is 2.32. The standard InChI is InChI=1S/C16H26BClSi2/c1-19(2,3)15-9-7-13(11-15)17(18)14-8-10-16(12-14)20(4,5)6/h7-12,15-16H,1-6H3. The second-order valence-corrected chi connectivity index (χ2v) is 19.4. The Balaban J connectivity index is 2.14. The van der Waals surface area contributed by atoms with Gasteiger partial charge in [0.25, 0.3) is 0 Å². The van der Waals surface area contributed by atoms with Gasteiger partial charge in [0.05, 0.1) is 16.1 Å². The van der Waals surface area contributed by atoms with Crippen LogP contribution in [-0.2, 0) is 0 Å². The van der Waals surface area contributed by atoms with E-state index in [4.69, 9.17) is 11.5 Å². The molecule has 2 atom stereocenters. The van der Waals surface area contributed by atoms with E-state index in [1.54, 1.807) is 0 Å². The molecule has 20 heavy (non-hydrogen) atoms. The Bertz CT molecular complexity index is 458. The average Bonchev–Trinajstić information content (AvgIpc) is 2.96. The van der Waals surface area contributed by atoms with Gasteiger partial charge in [-0.15, -0.1) is 0 Å². The van der Waals surface area contributed by atoms with E-state index in [1.165, 1.54) is 10.9 Å². The van der Waals surface area contributed by atoms with Crippen LogP contribution in [0.25, 0.3) is 0 Å². The Morgan fingerprint density at radius 3 is 1.40 bits per heavy atom. The van der Waals surface area contributed by atoms with Crippen LogP contribution in [0.4, 0.5) is 0 Å². The number of halogens is 1. The molecule has 2 rings (SSSR count). The van der Waals surface area contributed by atoms with Gasteiger partial charge >= 0.3 is 6.13 Å². The fourth-order valence-electron chi connectivity index (χ4n) is 2.67. The van der Waals surface area contributed by atoms with Crippen LogP contribution in [0.15, 0.2) is 47.4 Å². The highest BCUT2D eigenvalue weighted by atomic mass is 35.5. The van der Waals surface area contributed by atoms with Crippen molar-refractivity contribution in [3.8, 4) is 0 Å². The topological polar surface area (TPSA) is 0 Å². The summed E-state index contributed by atoms with van der Waals surface area (Å²) in [6.45, 7) is 14.5. The largest absolute Gasteiger partial charge is 0.314 e. The van der Waals surface area contributed by atoms with Crippen LogP contribution in [0.2, 0.25) is 50.4 Å². The van der Waals surface area contributed by atoms with E-state index >= 15 is 0 Å². The van der Waals surface area contributed by atoms with Gasteiger partial charge in [0.15, 0.2) is 0 Å². The fourth-order valence-corrected chi connectivity index (χ4v) is 5.70. The molecule has 2 aliphatic carbocycles. The molecular formula is C16H26BClSi2. The summed E-state index contributed by atoms with van der Waals surface area (Å²) in [5.41, 5.74) is 3.87. The molecule has 0 bridgehead atoms. The molecule has 0 N–H and O–H groups in total. The normalized spacial score (nSPS) is 25.9. The lowest BCUT2D eigenvalue weighted by Crippen LogP contribution is -2.25. The van der Waals surface area contributed by atoms with Gasteiger partial charge in [0, 0.05) is 0 Å². The van der Waals surface area contributed by atoms with E-state index in [1.807, 2.05) is 0 Å². The molecule has 0 aliphatic heterocycles. The van der Waals surface area contributed by atoms with E-state index < -0.39 is 16.1 Å². The zero-order chi connectivity index (χ0) is 15.1. The molecule has 0 radical (unpaired) electrons.